The molecule has 13 heavy (non-hydrogen) atoms. The highest BCUT2D eigenvalue weighted by atomic mass is 32.1. The van der Waals surface area contributed by atoms with Gasteiger partial charge in [0.25, 0.3) is 0 Å². The number of aromatic nitrogens is 1. The Morgan fingerprint density at radius 3 is 3.00 bits per heavy atom. The number of likely N-dealkylation sites (N-methyl/N-ethyl adjacent to an activating group) is 1. The van der Waals surface area contributed by atoms with E-state index in [0.29, 0.717) is 6.42 Å². The molecule has 2 heterocycles. The Labute approximate surface area is 80.4 Å². The van der Waals surface area contributed by atoms with Gasteiger partial charge in [-0.25, -0.2) is 4.98 Å². The predicted molar refractivity (Wildman–Crippen MR) is 50.2 cm³/mol. The first-order chi connectivity index (χ1) is 6.20. The summed E-state index contributed by atoms with van der Waals surface area (Å²) in [5.74, 6) is 0.104. The van der Waals surface area contributed by atoms with Gasteiger partial charge in [-0.15, -0.1) is 11.3 Å². The SMILES string of the molecule is CN1C(=O)CC(N)C1c1nccs1. The fourth-order valence-electron chi connectivity index (χ4n) is 1.63. The fourth-order valence-corrected chi connectivity index (χ4v) is 2.48. The highest BCUT2D eigenvalue weighted by Crippen LogP contribution is 2.31. The van der Waals surface area contributed by atoms with Gasteiger partial charge in [0.15, 0.2) is 0 Å². The van der Waals surface area contributed by atoms with Crippen LogP contribution in [-0.4, -0.2) is 28.9 Å². The molecule has 2 atom stereocenters. The maximum atomic E-state index is 11.3. The van der Waals surface area contributed by atoms with Gasteiger partial charge in [0.1, 0.15) is 5.01 Å². The van der Waals surface area contributed by atoms with Gasteiger partial charge >= 0.3 is 0 Å². The zero-order chi connectivity index (χ0) is 9.42. The second kappa shape index (κ2) is 3.08. The third kappa shape index (κ3) is 1.34. The maximum absolute atomic E-state index is 11.3. The molecule has 0 bridgehead atoms. The van der Waals surface area contributed by atoms with Gasteiger partial charge in [-0.1, -0.05) is 0 Å². The number of thiazole rings is 1. The summed E-state index contributed by atoms with van der Waals surface area (Å²) in [5, 5.41) is 2.83. The molecule has 4 nitrogen and oxygen atoms in total. The van der Waals surface area contributed by atoms with Gasteiger partial charge in [-0.05, 0) is 0 Å². The molecule has 2 rings (SSSR count). The zero-order valence-electron chi connectivity index (χ0n) is 7.30. The van der Waals surface area contributed by atoms with Crippen LogP contribution in [-0.2, 0) is 4.79 Å². The summed E-state index contributed by atoms with van der Waals surface area (Å²) in [6.45, 7) is 0. The lowest BCUT2D eigenvalue weighted by Crippen LogP contribution is -2.30. The topological polar surface area (TPSA) is 59.2 Å². The summed E-state index contributed by atoms with van der Waals surface area (Å²) >= 11 is 1.54. The number of nitrogens with zero attached hydrogens (tertiary/aromatic N) is 2. The van der Waals surface area contributed by atoms with Crippen LogP contribution in [0.1, 0.15) is 17.5 Å². The van der Waals surface area contributed by atoms with Crippen LogP contribution >= 0.6 is 11.3 Å². The van der Waals surface area contributed by atoms with Crippen molar-refractivity contribution >= 4 is 17.2 Å². The van der Waals surface area contributed by atoms with Gasteiger partial charge in [0.05, 0.1) is 6.04 Å². The third-order valence-electron chi connectivity index (χ3n) is 2.33. The van der Waals surface area contributed by atoms with Crippen LogP contribution < -0.4 is 5.73 Å². The van der Waals surface area contributed by atoms with Crippen LogP contribution in [0.15, 0.2) is 11.6 Å². The van der Waals surface area contributed by atoms with E-state index in [2.05, 4.69) is 4.98 Å². The van der Waals surface area contributed by atoms with Crippen LogP contribution in [0.5, 0.6) is 0 Å². The van der Waals surface area contributed by atoms with E-state index in [0.717, 1.165) is 5.01 Å². The molecular formula is C8H11N3OS. The van der Waals surface area contributed by atoms with Crippen molar-refractivity contribution in [1.29, 1.82) is 0 Å². The molecule has 1 aliphatic rings. The molecule has 2 unspecified atom stereocenters. The highest BCUT2D eigenvalue weighted by molar-refractivity contribution is 7.09. The Morgan fingerprint density at radius 1 is 1.77 bits per heavy atom. The maximum Gasteiger partial charge on any atom is 0.224 e. The Balaban J connectivity index is 2.29. The second-order valence-electron chi connectivity index (χ2n) is 3.19. The standard InChI is InChI=1S/C8H11N3OS/c1-11-6(12)4-5(9)7(11)8-10-2-3-13-8/h2-3,5,7H,4,9H2,1H3. The molecule has 70 valence electrons. The largest absolute Gasteiger partial charge is 0.335 e. The smallest absolute Gasteiger partial charge is 0.224 e. The molecule has 0 aliphatic carbocycles. The van der Waals surface area contributed by atoms with Crippen LogP contribution in [0.3, 0.4) is 0 Å². The average Bonchev–Trinajstić information content (AvgIpc) is 2.63. The number of carbonyl (C=O) groups is 1. The minimum atomic E-state index is -0.108. The molecule has 0 aromatic carbocycles. The predicted octanol–water partition coefficient (Wildman–Crippen LogP) is 0.374. The van der Waals surface area contributed by atoms with Crippen molar-refractivity contribution in [3.05, 3.63) is 16.6 Å². The molecule has 1 aromatic heterocycles. The fraction of sp³-hybridized carbons (Fsp3) is 0.500. The summed E-state index contributed by atoms with van der Waals surface area (Å²) in [4.78, 5) is 17.2. The molecule has 1 aromatic rings. The summed E-state index contributed by atoms with van der Waals surface area (Å²) in [6.07, 6.45) is 2.17. The zero-order valence-corrected chi connectivity index (χ0v) is 8.12. The average molecular weight is 197 g/mol. The van der Waals surface area contributed by atoms with Gasteiger partial charge in [0.2, 0.25) is 5.91 Å². The van der Waals surface area contributed by atoms with Crippen molar-refractivity contribution in [1.82, 2.24) is 9.88 Å². The number of likely N-dealkylation sites (tertiary alicyclic amines) is 1. The Kier molecular flexibility index (Phi) is 2.05. The lowest BCUT2D eigenvalue weighted by molar-refractivity contribution is -0.127. The molecule has 2 N–H and O–H groups in total. The molecule has 0 radical (unpaired) electrons. The van der Waals surface area contributed by atoms with Crippen molar-refractivity contribution in [2.24, 2.45) is 5.73 Å². The number of hydrogen-bond donors (Lipinski definition) is 1. The summed E-state index contributed by atoms with van der Waals surface area (Å²) in [5.41, 5.74) is 5.86. The molecule has 1 fully saturated rings. The van der Waals surface area contributed by atoms with Crippen LogP contribution in [0, 0.1) is 0 Å². The van der Waals surface area contributed by atoms with Crippen LogP contribution in [0.4, 0.5) is 0 Å². The molecule has 5 heteroatoms. The van der Waals surface area contributed by atoms with E-state index in [9.17, 15) is 4.79 Å². The van der Waals surface area contributed by atoms with Crippen molar-refractivity contribution in [3.8, 4) is 0 Å². The first-order valence-corrected chi connectivity index (χ1v) is 4.98. The lowest BCUT2D eigenvalue weighted by atomic mass is 10.1. The summed E-state index contributed by atoms with van der Waals surface area (Å²) in [7, 11) is 1.78. The molecule has 1 amide bonds. The lowest BCUT2D eigenvalue weighted by Gasteiger charge is -2.19. The highest BCUT2D eigenvalue weighted by Gasteiger charge is 2.37. The first-order valence-electron chi connectivity index (χ1n) is 4.11. The monoisotopic (exact) mass is 197 g/mol. The van der Waals surface area contributed by atoms with Gasteiger partial charge in [0, 0.05) is 31.1 Å². The van der Waals surface area contributed by atoms with E-state index in [1.54, 1.807) is 29.5 Å². The third-order valence-corrected chi connectivity index (χ3v) is 3.18. The molecule has 0 saturated carbocycles. The minimum absolute atomic E-state index is 0.0208. The van der Waals surface area contributed by atoms with Gasteiger partial charge < -0.3 is 10.6 Å². The van der Waals surface area contributed by atoms with E-state index in [-0.39, 0.29) is 18.0 Å². The Bertz CT molecular complexity index is 311. The molecule has 1 saturated heterocycles. The van der Waals surface area contributed by atoms with Crippen molar-refractivity contribution in [2.75, 3.05) is 7.05 Å². The van der Waals surface area contributed by atoms with Gasteiger partial charge in [-0.3, -0.25) is 4.79 Å². The van der Waals surface area contributed by atoms with Crippen LogP contribution in [0.25, 0.3) is 0 Å². The van der Waals surface area contributed by atoms with E-state index < -0.39 is 0 Å². The Hall–Kier alpha value is -0.940. The summed E-state index contributed by atoms with van der Waals surface area (Å²) in [6, 6.07) is -0.129. The summed E-state index contributed by atoms with van der Waals surface area (Å²) < 4.78 is 0. The first kappa shape index (κ1) is 8.65. The number of hydrogen-bond acceptors (Lipinski definition) is 4. The van der Waals surface area contributed by atoms with Crippen molar-refractivity contribution in [3.63, 3.8) is 0 Å². The quantitative estimate of drug-likeness (QED) is 0.707. The number of amides is 1. The number of carbonyl (C=O) groups excluding carboxylic acids is 1. The normalized spacial score (nSPS) is 28.5. The van der Waals surface area contributed by atoms with E-state index in [1.165, 1.54) is 0 Å². The molecule has 0 spiro atoms. The van der Waals surface area contributed by atoms with Crippen molar-refractivity contribution < 1.29 is 4.79 Å². The molecular weight excluding hydrogens is 186 g/mol. The molecule has 1 aliphatic heterocycles. The minimum Gasteiger partial charge on any atom is -0.335 e. The van der Waals surface area contributed by atoms with E-state index in [4.69, 9.17) is 5.73 Å². The van der Waals surface area contributed by atoms with Crippen LogP contribution in [0.2, 0.25) is 0 Å². The Morgan fingerprint density at radius 2 is 2.54 bits per heavy atom. The second-order valence-corrected chi connectivity index (χ2v) is 4.11. The van der Waals surface area contributed by atoms with Crippen molar-refractivity contribution in [2.45, 2.75) is 18.5 Å². The van der Waals surface area contributed by atoms with E-state index in [1.807, 2.05) is 5.38 Å². The number of nitrogens with two attached hydrogens (primary N) is 1. The van der Waals surface area contributed by atoms with Gasteiger partial charge in [-0.2, -0.15) is 0 Å². The van der Waals surface area contributed by atoms with E-state index >= 15 is 0 Å². The number of rotatable bonds is 1.